The predicted molar refractivity (Wildman–Crippen MR) is 62.9 cm³/mol. The molecular formula is C11H22N4. The lowest BCUT2D eigenvalue weighted by molar-refractivity contribution is 0.348. The minimum absolute atomic E-state index is 1.05. The maximum Gasteiger partial charge on any atom is 0.0945 e. The van der Waals surface area contributed by atoms with E-state index in [-0.39, 0.29) is 0 Å². The highest BCUT2D eigenvalue weighted by Gasteiger charge is 1.93. The number of likely N-dealkylation sites (N-methyl/N-ethyl adjacent to an activating group) is 1. The molecule has 0 spiro atoms. The molecule has 15 heavy (non-hydrogen) atoms. The van der Waals surface area contributed by atoms with E-state index in [9.17, 15) is 0 Å². The van der Waals surface area contributed by atoms with Gasteiger partial charge in [0.1, 0.15) is 0 Å². The summed E-state index contributed by atoms with van der Waals surface area (Å²) in [6.07, 6.45) is 6.85. The van der Waals surface area contributed by atoms with E-state index in [0.717, 1.165) is 39.1 Å². The average molecular weight is 210 g/mol. The van der Waals surface area contributed by atoms with Crippen LogP contribution in [0.3, 0.4) is 0 Å². The molecule has 1 aromatic heterocycles. The summed E-state index contributed by atoms with van der Waals surface area (Å²) >= 11 is 0. The van der Waals surface area contributed by atoms with Gasteiger partial charge in [-0.25, -0.2) is 4.98 Å². The lowest BCUT2D eigenvalue weighted by Gasteiger charge is -2.13. The molecule has 86 valence electrons. The van der Waals surface area contributed by atoms with Gasteiger partial charge >= 0.3 is 0 Å². The minimum atomic E-state index is 1.05. The fourth-order valence-corrected chi connectivity index (χ4v) is 1.36. The number of aromatic nitrogens is 2. The Labute approximate surface area is 92.3 Å². The second-order valence-corrected chi connectivity index (χ2v) is 3.80. The van der Waals surface area contributed by atoms with Gasteiger partial charge < -0.3 is 14.8 Å². The van der Waals surface area contributed by atoms with E-state index in [1.165, 1.54) is 0 Å². The molecule has 1 aromatic rings. The molecule has 0 unspecified atom stereocenters. The Kier molecular flexibility index (Phi) is 6.04. The van der Waals surface area contributed by atoms with Crippen LogP contribution in [0.2, 0.25) is 0 Å². The smallest absolute Gasteiger partial charge is 0.0945 e. The Morgan fingerprint density at radius 3 is 2.93 bits per heavy atom. The number of rotatable bonds is 8. The zero-order valence-electron chi connectivity index (χ0n) is 9.82. The highest BCUT2D eigenvalue weighted by molar-refractivity contribution is 4.73. The minimum Gasteiger partial charge on any atom is -0.337 e. The Balaban J connectivity index is 1.89. The Hall–Kier alpha value is -0.870. The summed E-state index contributed by atoms with van der Waals surface area (Å²) in [4.78, 5) is 6.32. The van der Waals surface area contributed by atoms with Crippen LogP contribution in [0.15, 0.2) is 18.7 Å². The molecule has 0 radical (unpaired) electrons. The number of imidazole rings is 1. The fraction of sp³-hybridized carbons (Fsp3) is 0.727. The largest absolute Gasteiger partial charge is 0.337 e. The van der Waals surface area contributed by atoms with Gasteiger partial charge in [0, 0.05) is 32.0 Å². The Morgan fingerprint density at radius 1 is 1.40 bits per heavy atom. The maximum absolute atomic E-state index is 4.01. The molecular weight excluding hydrogens is 188 g/mol. The summed E-state index contributed by atoms with van der Waals surface area (Å²) < 4.78 is 2.11. The van der Waals surface area contributed by atoms with Crippen LogP contribution in [0.25, 0.3) is 0 Å². The fourth-order valence-electron chi connectivity index (χ4n) is 1.36. The standard InChI is InChI=1S/C11H22N4/c1-3-14(2)9-6-12-5-4-8-15-10-7-13-11-15/h7,10-12H,3-6,8-9H2,1-2H3. The molecule has 0 bridgehead atoms. The summed E-state index contributed by atoms with van der Waals surface area (Å²) in [6, 6.07) is 0. The molecule has 0 saturated heterocycles. The molecule has 0 aromatic carbocycles. The molecule has 0 aliphatic carbocycles. The third-order valence-electron chi connectivity index (χ3n) is 2.54. The zero-order chi connectivity index (χ0) is 10.9. The molecule has 4 heteroatoms. The highest BCUT2D eigenvalue weighted by atomic mass is 15.1. The molecule has 0 amide bonds. The Bertz CT molecular complexity index is 233. The normalized spacial score (nSPS) is 11.1. The van der Waals surface area contributed by atoms with Crippen LogP contribution in [0.5, 0.6) is 0 Å². The predicted octanol–water partition coefficient (Wildman–Crippen LogP) is 0.814. The van der Waals surface area contributed by atoms with E-state index in [4.69, 9.17) is 0 Å². The first-order valence-electron chi connectivity index (χ1n) is 5.68. The highest BCUT2D eigenvalue weighted by Crippen LogP contribution is 1.88. The number of nitrogens with one attached hydrogen (secondary N) is 1. The first kappa shape index (κ1) is 12.2. The van der Waals surface area contributed by atoms with Crippen molar-refractivity contribution in [2.24, 2.45) is 0 Å². The lowest BCUT2D eigenvalue weighted by Crippen LogP contribution is -2.29. The van der Waals surface area contributed by atoms with Crippen molar-refractivity contribution in [3.8, 4) is 0 Å². The lowest BCUT2D eigenvalue weighted by atomic mass is 10.4. The van der Waals surface area contributed by atoms with Crippen molar-refractivity contribution in [2.45, 2.75) is 19.9 Å². The second-order valence-electron chi connectivity index (χ2n) is 3.80. The molecule has 0 aliphatic rings. The van der Waals surface area contributed by atoms with E-state index in [2.05, 4.69) is 33.7 Å². The average Bonchev–Trinajstić information content (AvgIpc) is 2.75. The molecule has 1 N–H and O–H groups in total. The van der Waals surface area contributed by atoms with Crippen molar-refractivity contribution in [3.63, 3.8) is 0 Å². The second kappa shape index (κ2) is 7.43. The van der Waals surface area contributed by atoms with Crippen LogP contribution in [-0.4, -0.2) is 47.7 Å². The number of nitrogens with zero attached hydrogens (tertiary/aromatic N) is 3. The van der Waals surface area contributed by atoms with Crippen LogP contribution in [0, 0.1) is 0 Å². The van der Waals surface area contributed by atoms with Crippen molar-refractivity contribution < 1.29 is 0 Å². The van der Waals surface area contributed by atoms with E-state index in [1.807, 2.05) is 18.7 Å². The Morgan fingerprint density at radius 2 is 2.27 bits per heavy atom. The third-order valence-corrected chi connectivity index (χ3v) is 2.54. The molecule has 1 heterocycles. The SMILES string of the molecule is CCN(C)CCNCCCn1ccnc1. The number of hydrogen-bond donors (Lipinski definition) is 1. The van der Waals surface area contributed by atoms with Crippen LogP contribution in [-0.2, 0) is 6.54 Å². The van der Waals surface area contributed by atoms with Gasteiger partial charge in [0.05, 0.1) is 6.33 Å². The van der Waals surface area contributed by atoms with Gasteiger partial charge in [0.2, 0.25) is 0 Å². The van der Waals surface area contributed by atoms with Crippen LogP contribution in [0.4, 0.5) is 0 Å². The van der Waals surface area contributed by atoms with E-state index < -0.39 is 0 Å². The van der Waals surface area contributed by atoms with Crippen molar-refractivity contribution in [1.82, 2.24) is 19.8 Å². The topological polar surface area (TPSA) is 33.1 Å². The van der Waals surface area contributed by atoms with E-state index >= 15 is 0 Å². The number of aryl methyl sites for hydroxylation is 1. The van der Waals surface area contributed by atoms with E-state index in [0.29, 0.717) is 0 Å². The molecule has 1 rings (SSSR count). The first-order valence-corrected chi connectivity index (χ1v) is 5.68. The molecule has 0 atom stereocenters. The molecule has 0 aliphatic heterocycles. The molecule has 0 fully saturated rings. The van der Waals surface area contributed by atoms with Crippen molar-refractivity contribution in [1.29, 1.82) is 0 Å². The first-order chi connectivity index (χ1) is 7.33. The summed E-state index contributed by atoms with van der Waals surface area (Å²) in [6.45, 7) is 7.64. The van der Waals surface area contributed by atoms with Crippen molar-refractivity contribution in [3.05, 3.63) is 18.7 Å². The summed E-state index contributed by atoms with van der Waals surface area (Å²) in [5, 5.41) is 3.44. The monoisotopic (exact) mass is 210 g/mol. The van der Waals surface area contributed by atoms with Gasteiger partial charge in [-0.2, -0.15) is 0 Å². The summed E-state index contributed by atoms with van der Waals surface area (Å²) in [7, 11) is 2.15. The van der Waals surface area contributed by atoms with Gasteiger partial charge in [-0.05, 0) is 26.6 Å². The van der Waals surface area contributed by atoms with Crippen molar-refractivity contribution >= 4 is 0 Å². The van der Waals surface area contributed by atoms with Crippen LogP contribution < -0.4 is 5.32 Å². The van der Waals surface area contributed by atoms with Gasteiger partial charge in [-0.1, -0.05) is 6.92 Å². The molecule has 4 nitrogen and oxygen atoms in total. The van der Waals surface area contributed by atoms with Crippen LogP contribution in [0.1, 0.15) is 13.3 Å². The van der Waals surface area contributed by atoms with Crippen LogP contribution >= 0.6 is 0 Å². The van der Waals surface area contributed by atoms with Crippen molar-refractivity contribution in [2.75, 3.05) is 33.2 Å². The van der Waals surface area contributed by atoms with Gasteiger partial charge in [0.15, 0.2) is 0 Å². The quantitative estimate of drug-likeness (QED) is 0.645. The van der Waals surface area contributed by atoms with Gasteiger partial charge in [-0.3, -0.25) is 0 Å². The van der Waals surface area contributed by atoms with Gasteiger partial charge in [-0.15, -0.1) is 0 Å². The van der Waals surface area contributed by atoms with E-state index in [1.54, 1.807) is 0 Å². The third kappa shape index (κ3) is 5.54. The van der Waals surface area contributed by atoms with Gasteiger partial charge in [0.25, 0.3) is 0 Å². The summed E-state index contributed by atoms with van der Waals surface area (Å²) in [5.41, 5.74) is 0. The molecule has 0 saturated carbocycles. The summed E-state index contributed by atoms with van der Waals surface area (Å²) in [5.74, 6) is 0. The maximum atomic E-state index is 4.01. The zero-order valence-corrected chi connectivity index (χ0v) is 9.82. The number of hydrogen-bond acceptors (Lipinski definition) is 3.